The second-order valence-corrected chi connectivity index (χ2v) is 6.32. The average Bonchev–Trinajstić information content (AvgIpc) is 3.08. The summed E-state index contributed by atoms with van der Waals surface area (Å²) in [4.78, 5) is 11.3. The van der Waals surface area contributed by atoms with E-state index in [0.717, 1.165) is 42.5 Å². The molecule has 1 fully saturated rings. The van der Waals surface area contributed by atoms with Gasteiger partial charge in [0.05, 0.1) is 5.52 Å². The van der Waals surface area contributed by atoms with Crippen LogP contribution < -0.4 is 9.64 Å². The van der Waals surface area contributed by atoms with Crippen molar-refractivity contribution < 1.29 is 4.74 Å². The molecule has 0 N–H and O–H groups in total. The first-order chi connectivity index (χ1) is 10.9. The fourth-order valence-corrected chi connectivity index (χ4v) is 3.40. The topological polar surface area (TPSA) is 38.2 Å². The number of anilines is 1. The number of piperidine rings is 1. The number of ether oxygens (including phenoxy) is 1. The molecule has 4 rings (SSSR count). The van der Waals surface area contributed by atoms with E-state index in [1.54, 1.807) is 17.5 Å². The van der Waals surface area contributed by atoms with Gasteiger partial charge < -0.3 is 9.64 Å². The second-order valence-electron chi connectivity index (χ2n) is 5.46. The number of fused-ring (bicyclic) bond motifs is 1. The molecular formula is C17H17N3OS. The van der Waals surface area contributed by atoms with Gasteiger partial charge in [0.15, 0.2) is 0 Å². The number of pyridine rings is 1. The van der Waals surface area contributed by atoms with Gasteiger partial charge in [0.25, 0.3) is 5.19 Å². The summed E-state index contributed by atoms with van der Waals surface area (Å²) in [5.74, 6) is 1.06. The van der Waals surface area contributed by atoms with Crippen molar-refractivity contribution in [3.63, 3.8) is 0 Å². The van der Waals surface area contributed by atoms with E-state index in [4.69, 9.17) is 9.72 Å². The van der Waals surface area contributed by atoms with Crippen LogP contribution in [0.1, 0.15) is 12.8 Å². The van der Waals surface area contributed by atoms with E-state index in [-0.39, 0.29) is 6.10 Å². The Kier molecular flexibility index (Phi) is 3.64. The van der Waals surface area contributed by atoms with Gasteiger partial charge in [-0.3, -0.25) is 0 Å². The number of aromatic nitrogens is 2. The summed E-state index contributed by atoms with van der Waals surface area (Å²) in [5, 5.41) is 3.92. The second kappa shape index (κ2) is 5.93. The minimum absolute atomic E-state index is 0.267. The maximum Gasteiger partial charge on any atom is 0.273 e. The fourth-order valence-electron chi connectivity index (χ4n) is 2.85. The molecule has 0 spiro atoms. The highest BCUT2D eigenvalue weighted by atomic mass is 32.1. The number of thiazole rings is 1. The zero-order valence-electron chi connectivity index (χ0n) is 12.2. The van der Waals surface area contributed by atoms with Gasteiger partial charge in [-0.2, -0.15) is 0 Å². The summed E-state index contributed by atoms with van der Waals surface area (Å²) in [6.07, 6.45) is 4.07. The molecule has 1 saturated heterocycles. The molecule has 0 radical (unpaired) electrons. The lowest BCUT2D eigenvalue weighted by molar-refractivity contribution is 0.170. The van der Waals surface area contributed by atoms with Gasteiger partial charge in [0.2, 0.25) is 0 Å². The van der Waals surface area contributed by atoms with E-state index in [2.05, 4.69) is 34.1 Å². The van der Waals surface area contributed by atoms with Crippen LogP contribution in [0.4, 0.5) is 5.82 Å². The van der Waals surface area contributed by atoms with E-state index in [9.17, 15) is 0 Å². The van der Waals surface area contributed by atoms with Crippen molar-refractivity contribution in [2.45, 2.75) is 18.9 Å². The summed E-state index contributed by atoms with van der Waals surface area (Å²) >= 11 is 1.56. The SMILES string of the molecule is c1ccc2nc(N3CCC(Oc4nccs4)CC3)ccc2c1. The number of nitrogens with zero attached hydrogens (tertiary/aromatic N) is 3. The van der Waals surface area contributed by atoms with E-state index < -0.39 is 0 Å². The number of hydrogen-bond acceptors (Lipinski definition) is 5. The fraction of sp³-hybridized carbons (Fsp3) is 0.294. The Morgan fingerprint density at radius 1 is 1.09 bits per heavy atom. The van der Waals surface area contributed by atoms with Crippen LogP contribution in [-0.4, -0.2) is 29.2 Å². The average molecular weight is 311 g/mol. The summed E-state index contributed by atoms with van der Waals surface area (Å²) in [7, 11) is 0. The van der Waals surface area contributed by atoms with Gasteiger partial charge in [0, 0.05) is 42.9 Å². The molecule has 0 bridgehead atoms. The zero-order chi connectivity index (χ0) is 14.8. The van der Waals surface area contributed by atoms with Crippen molar-refractivity contribution in [3.8, 4) is 5.19 Å². The van der Waals surface area contributed by atoms with E-state index >= 15 is 0 Å². The quantitative estimate of drug-likeness (QED) is 0.738. The van der Waals surface area contributed by atoms with Gasteiger partial charge in [-0.1, -0.05) is 29.5 Å². The molecule has 0 saturated carbocycles. The first-order valence-corrected chi connectivity index (χ1v) is 8.43. The number of para-hydroxylation sites is 1. The third kappa shape index (κ3) is 2.76. The van der Waals surface area contributed by atoms with Crippen molar-refractivity contribution in [1.29, 1.82) is 0 Å². The third-order valence-corrected chi connectivity index (χ3v) is 4.69. The van der Waals surface area contributed by atoms with Crippen molar-refractivity contribution in [2.24, 2.45) is 0 Å². The van der Waals surface area contributed by atoms with Crippen molar-refractivity contribution in [1.82, 2.24) is 9.97 Å². The monoisotopic (exact) mass is 311 g/mol. The van der Waals surface area contributed by atoms with Crippen LogP contribution in [0.25, 0.3) is 10.9 Å². The van der Waals surface area contributed by atoms with Crippen LogP contribution in [0, 0.1) is 0 Å². The van der Waals surface area contributed by atoms with Crippen LogP contribution >= 0.6 is 11.3 Å². The molecule has 1 aliphatic rings. The van der Waals surface area contributed by atoms with Crippen LogP contribution in [0.5, 0.6) is 5.19 Å². The lowest BCUT2D eigenvalue weighted by Crippen LogP contribution is -2.38. The molecule has 4 nitrogen and oxygen atoms in total. The number of benzene rings is 1. The molecule has 0 aliphatic carbocycles. The van der Waals surface area contributed by atoms with E-state index in [1.165, 1.54) is 5.39 Å². The van der Waals surface area contributed by atoms with E-state index in [0.29, 0.717) is 0 Å². The molecule has 0 unspecified atom stereocenters. The van der Waals surface area contributed by atoms with Gasteiger partial charge in [-0.05, 0) is 18.2 Å². The standard InChI is InChI=1S/C17H17N3OS/c1-2-4-15-13(3-1)5-6-16(19-15)20-10-7-14(8-11-20)21-17-18-9-12-22-17/h1-6,9,12,14H,7-8,10-11H2. The first kappa shape index (κ1) is 13.5. The Labute approximate surface area is 133 Å². The lowest BCUT2D eigenvalue weighted by atomic mass is 10.1. The Morgan fingerprint density at radius 3 is 2.77 bits per heavy atom. The Bertz CT molecular complexity index is 751. The van der Waals surface area contributed by atoms with Crippen molar-refractivity contribution in [3.05, 3.63) is 48.0 Å². The zero-order valence-corrected chi connectivity index (χ0v) is 13.0. The molecule has 0 amide bonds. The van der Waals surface area contributed by atoms with Crippen LogP contribution in [0.3, 0.4) is 0 Å². The highest BCUT2D eigenvalue weighted by molar-refractivity contribution is 7.11. The summed E-state index contributed by atoms with van der Waals surface area (Å²) in [6, 6.07) is 12.5. The highest BCUT2D eigenvalue weighted by Gasteiger charge is 2.22. The van der Waals surface area contributed by atoms with Crippen LogP contribution in [0.15, 0.2) is 48.0 Å². The molecule has 3 heterocycles. The molecule has 3 aromatic rings. The molecule has 112 valence electrons. The molecule has 22 heavy (non-hydrogen) atoms. The third-order valence-electron chi connectivity index (χ3n) is 4.03. The maximum absolute atomic E-state index is 5.91. The minimum atomic E-state index is 0.267. The normalized spacial score (nSPS) is 16.1. The summed E-state index contributed by atoms with van der Waals surface area (Å²) in [6.45, 7) is 1.95. The van der Waals surface area contributed by atoms with Gasteiger partial charge in [-0.15, -0.1) is 0 Å². The minimum Gasteiger partial charge on any atom is -0.467 e. The Morgan fingerprint density at radius 2 is 1.95 bits per heavy atom. The lowest BCUT2D eigenvalue weighted by Gasteiger charge is -2.32. The van der Waals surface area contributed by atoms with Crippen molar-refractivity contribution >= 4 is 28.1 Å². The van der Waals surface area contributed by atoms with Crippen molar-refractivity contribution in [2.75, 3.05) is 18.0 Å². The van der Waals surface area contributed by atoms with E-state index in [1.807, 2.05) is 17.5 Å². The molecule has 5 heteroatoms. The molecule has 2 aromatic heterocycles. The molecule has 1 aliphatic heterocycles. The van der Waals surface area contributed by atoms with Gasteiger partial charge >= 0.3 is 0 Å². The van der Waals surface area contributed by atoms with Gasteiger partial charge in [0.1, 0.15) is 11.9 Å². The highest BCUT2D eigenvalue weighted by Crippen LogP contribution is 2.24. The largest absolute Gasteiger partial charge is 0.467 e. The number of hydrogen-bond donors (Lipinski definition) is 0. The summed E-state index contributed by atoms with van der Waals surface area (Å²) < 4.78 is 5.91. The predicted molar refractivity (Wildman–Crippen MR) is 89.7 cm³/mol. The maximum atomic E-state index is 5.91. The first-order valence-electron chi connectivity index (χ1n) is 7.55. The Balaban J connectivity index is 1.43. The van der Waals surface area contributed by atoms with Crippen LogP contribution in [0.2, 0.25) is 0 Å². The molecule has 1 aromatic carbocycles. The van der Waals surface area contributed by atoms with Gasteiger partial charge in [-0.25, -0.2) is 9.97 Å². The number of rotatable bonds is 3. The Hall–Kier alpha value is -2.14. The molecule has 0 atom stereocenters. The smallest absolute Gasteiger partial charge is 0.273 e. The molecular weight excluding hydrogens is 294 g/mol. The summed E-state index contributed by atoms with van der Waals surface area (Å²) in [5.41, 5.74) is 1.06. The predicted octanol–water partition coefficient (Wildman–Crippen LogP) is 3.74. The van der Waals surface area contributed by atoms with Crippen LogP contribution in [-0.2, 0) is 0 Å².